The lowest BCUT2D eigenvalue weighted by atomic mass is 10.1. The van der Waals surface area contributed by atoms with Crippen LogP contribution >= 0.6 is 11.8 Å². The molecule has 0 unspecified atom stereocenters. The molecule has 0 atom stereocenters. The summed E-state index contributed by atoms with van der Waals surface area (Å²) < 4.78 is 65.5. The molecule has 0 aliphatic rings. The highest BCUT2D eigenvalue weighted by molar-refractivity contribution is 8.00. The van der Waals surface area contributed by atoms with E-state index in [1.165, 1.54) is 25.3 Å². The summed E-state index contributed by atoms with van der Waals surface area (Å²) in [7, 11) is -3.88. The van der Waals surface area contributed by atoms with Gasteiger partial charge in [0.2, 0.25) is 0 Å². The largest absolute Gasteiger partial charge is 0.446 e. The van der Waals surface area contributed by atoms with E-state index >= 15 is 0 Å². The molecule has 1 aromatic carbocycles. The van der Waals surface area contributed by atoms with E-state index in [2.05, 4.69) is 10.1 Å². The van der Waals surface area contributed by atoms with Gasteiger partial charge in [-0.1, -0.05) is 19.1 Å². The van der Waals surface area contributed by atoms with Gasteiger partial charge in [-0.05, 0) is 47.7 Å². The molecule has 0 radical (unpaired) electrons. The van der Waals surface area contributed by atoms with E-state index in [1.807, 2.05) is 6.07 Å². The molecule has 4 aromatic rings. The summed E-state index contributed by atoms with van der Waals surface area (Å²) in [5.74, 6) is -0.550. The Morgan fingerprint density at radius 1 is 1.12 bits per heavy atom. The molecule has 0 spiro atoms. The van der Waals surface area contributed by atoms with Crippen molar-refractivity contribution in [2.45, 2.75) is 22.2 Å². The molecule has 174 valence electrons. The van der Waals surface area contributed by atoms with Gasteiger partial charge < -0.3 is 0 Å². The Hall–Kier alpha value is -3.63. The second-order valence-corrected chi connectivity index (χ2v) is 10.4. The van der Waals surface area contributed by atoms with E-state index in [4.69, 9.17) is 5.26 Å². The van der Waals surface area contributed by atoms with Crippen LogP contribution in [0.4, 0.5) is 13.2 Å². The van der Waals surface area contributed by atoms with Gasteiger partial charge in [0, 0.05) is 22.9 Å². The van der Waals surface area contributed by atoms with Crippen molar-refractivity contribution in [3.05, 3.63) is 70.9 Å². The number of pyridine rings is 2. The van der Waals surface area contributed by atoms with E-state index in [1.54, 1.807) is 24.3 Å². The lowest BCUT2D eigenvalue weighted by molar-refractivity contribution is -0.0328. The van der Waals surface area contributed by atoms with Gasteiger partial charge in [-0.2, -0.15) is 23.1 Å². The normalized spacial score (nSPS) is 12.1. The number of nitrogens with zero attached hydrogens (tertiary/aromatic N) is 5. The Balaban J connectivity index is 1.89. The molecule has 3 aromatic heterocycles. The highest BCUT2D eigenvalue weighted by Crippen LogP contribution is 2.36. The summed E-state index contributed by atoms with van der Waals surface area (Å²) >= 11 is -0.386. The molecule has 0 bridgehead atoms. The fourth-order valence-electron chi connectivity index (χ4n) is 3.16. The van der Waals surface area contributed by atoms with Crippen molar-refractivity contribution in [2.24, 2.45) is 0 Å². The van der Waals surface area contributed by atoms with Crippen LogP contribution in [0.5, 0.6) is 0 Å². The van der Waals surface area contributed by atoms with Crippen LogP contribution in [0, 0.1) is 11.3 Å². The highest BCUT2D eigenvalue weighted by atomic mass is 32.2. The number of rotatable bonds is 5. The molecular formula is C21H14F3N5O3S2. The Morgan fingerprint density at radius 3 is 2.44 bits per heavy atom. The van der Waals surface area contributed by atoms with Gasteiger partial charge in [0.05, 0.1) is 17.4 Å². The zero-order valence-electron chi connectivity index (χ0n) is 17.3. The summed E-state index contributed by atoms with van der Waals surface area (Å²) in [6.07, 6.45) is 2.34. The summed E-state index contributed by atoms with van der Waals surface area (Å²) in [6.45, 7) is 1.43. The third-order valence-corrected chi connectivity index (χ3v) is 7.26. The predicted octanol–water partition coefficient (Wildman–Crippen LogP) is 3.82. The monoisotopic (exact) mass is 505 g/mol. The van der Waals surface area contributed by atoms with E-state index < -0.39 is 21.0 Å². The average molecular weight is 506 g/mol. The number of nitriles is 1. The number of hydrogen-bond acceptors (Lipinski definition) is 7. The van der Waals surface area contributed by atoms with Crippen LogP contribution in [0.2, 0.25) is 0 Å². The number of thioether (sulfide) groups is 1. The molecular weight excluding hydrogens is 491 g/mol. The Kier molecular flexibility index (Phi) is 5.96. The van der Waals surface area contributed by atoms with Gasteiger partial charge in [-0.25, -0.2) is 22.6 Å². The first kappa shape index (κ1) is 23.5. The average Bonchev–Trinajstić information content (AvgIpc) is 3.13. The fourth-order valence-corrected chi connectivity index (χ4v) is 4.76. The van der Waals surface area contributed by atoms with Gasteiger partial charge >= 0.3 is 11.2 Å². The second-order valence-electron chi connectivity index (χ2n) is 6.97. The summed E-state index contributed by atoms with van der Waals surface area (Å²) in [5, 5.41) is 13.0. The quantitative estimate of drug-likeness (QED) is 0.379. The van der Waals surface area contributed by atoms with Crippen LogP contribution in [0.15, 0.2) is 69.4 Å². The van der Waals surface area contributed by atoms with Crippen LogP contribution in [0.25, 0.3) is 22.6 Å². The zero-order valence-corrected chi connectivity index (χ0v) is 18.9. The standard InChI is InChI=1S/C21H14F3N5O3S2/c1-2-34(31,32)17-9-15(14-5-3-13(10-25)4-6-14)11-26-19(17)29-20(30)28-12-16(33-21(22,23)24)7-8-18(28)27-29/h3-9,11-12H,2H2,1H3. The number of sulfone groups is 1. The van der Waals surface area contributed by atoms with Gasteiger partial charge in [-0.15, -0.1) is 5.10 Å². The minimum absolute atomic E-state index is 0.0225. The van der Waals surface area contributed by atoms with Crippen LogP contribution < -0.4 is 5.69 Å². The number of fused-ring (bicyclic) bond motifs is 1. The maximum atomic E-state index is 12.9. The Labute approximate surface area is 195 Å². The topological polar surface area (TPSA) is 110 Å². The van der Waals surface area contributed by atoms with Crippen LogP contribution in [-0.4, -0.2) is 38.8 Å². The van der Waals surface area contributed by atoms with Crippen molar-refractivity contribution in [1.82, 2.24) is 19.2 Å². The van der Waals surface area contributed by atoms with E-state index in [-0.39, 0.29) is 38.8 Å². The number of hydrogen-bond donors (Lipinski definition) is 0. The Bertz CT molecular complexity index is 1600. The number of benzene rings is 1. The van der Waals surface area contributed by atoms with Gasteiger partial charge in [0.25, 0.3) is 0 Å². The third kappa shape index (κ3) is 4.55. The molecule has 0 saturated carbocycles. The van der Waals surface area contributed by atoms with Crippen molar-refractivity contribution in [2.75, 3.05) is 5.75 Å². The van der Waals surface area contributed by atoms with Crippen molar-refractivity contribution in [3.63, 3.8) is 0 Å². The van der Waals surface area contributed by atoms with Crippen molar-refractivity contribution < 1.29 is 21.6 Å². The lowest BCUT2D eigenvalue weighted by Gasteiger charge is -2.10. The van der Waals surface area contributed by atoms with Crippen LogP contribution in [0.1, 0.15) is 12.5 Å². The van der Waals surface area contributed by atoms with Crippen molar-refractivity contribution in [1.29, 1.82) is 5.26 Å². The molecule has 34 heavy (non-hydrogen) atoms. The number of alkyl halides is 3. The first-order valence-electron chi connectivity index (χ1n) is 9.63. The van der Waals surface area contributed by atoms with Gasteiger partial charge in [0.1, 0.15) is 4.90 Å². The number of halogens is 3. The van der Waals surface area contributed by atoms with Crippen LogP contribution in [-0.2, 0) is 9.84 Å². The summed E-state index contributed by atoms with van der Waals surface area (Å²) in [4.78, 5) is 16.6. The summed E-state index contributed by atoms with van der Waals surface area (Å²) in [5.41, 5.74) is -3.93. The van der Waals surface area contributed by atoms with E-state index in [9.17, 15) is 26.4 Å². The maximum Gasteiger partial charge on any atom is 0.446 e. The van der Waals surface area contributed by atoms with Crippen LogP contribution in [0.3, 0.4) is 0 Å². The van der Waals surface area contributed by atoms with Crippen molar-refractivity contribution >= 4 is 27.2 Å². The predicted molar refractivity (Wildman–Crippen MR) is 118 cm³/mol. The molecule has 0 amide bonds. The molecule has 0 aliphatic carbocycles. The van der Waals surface area contributed by atoms with Gasteiger partial charge in [0.15, 0.2) is 21.3 Å². The van der Waals surface area contributed by atoms with E-state index in [0.29, 0.717) is 16.7 Å². The molecule has 4 rings (SSSR count). The molecule has 0 N–H and O–H groups in total. The van der Waals surface area contributed by atoms with Gasteiger partial charge in [-0.3, -0.25) is 0 Å². The third-order valence-electron chi connectivity index (χ3n) is 4.82. The zero-order chi connectivity index (χ0) is 24.7. The number of aromatic nitrogens is 4. The minimum Gasteiger partial charge on any atom is -0.249 e. The van der Waals surface area contributed by atoms with E-state index in [0.717, 1.165) is 21.3 Å². The minimum atomic E-state index is -4.54. The smallest absolute Gasteiger partial charge is 0.249 e. The molecule has 0 fully saturated rings. The molecule has 13 heteroatoms. The highest BCUT2D eigenvalue weighted by Gasteiger charge is 2.30. The lowest BCUT2D eigenvalue weighted by Crippen LogP contribution is -2.23. The second kappa shape index (κ2) is 8.62. The molecule has 8 nitrogen and oxygen atoms in total. The first-order chi connectivity index (χ1) is 16.0. The Morgan fingerprint density at radius 2 is 1.82 bits per heavy atom. The fraction of sp³-hybridized carbons (Fsp3) is 0.143. The first-order valence-corrected chi connectivity index (χ1v) is 12.1. The molecule has 3 heterocycles. The summed E-state index contributed by atoms with van der Waals surface area (Å²) in [6, 6.07) is 12.1. The molecule has 0 saturated heterocycles. The molecule has 0 aliphatic heterocycles. The SMILES string of the molecule is CCS(=O)(=O)c1cc(-c2ccc(C#N)cc2)cnc1-n1nc2ccc(SC(F)(F)F)cn2c1=O. The van der Waals surface area contributed by atoms with Crippen molar-refractivity contribution in [3.8, 4) is 23.0 Å². The maximum absolute atomic E-state index is 12.9.